The summed E-state index contributed by atoms with van der Waals surface area (Å²) in [6.45, 7) is 0. The number of fused-ring (bicyclic) bond motifs is 1. The predicted molar refractivity (Wildman–Crippen MR) is 62.4 cm³/mol. The van der Waals surface area contributed by atoms with Crippen molar-refractivity contribution in [2.45, 2.75) is 6.18 Å². The lowest BCUT2D eigenvalue weighted by molar-refractivity contribution is -0.346. The Labute approximate surface area is 107 Å². The second kappa shape index (κ2) is 6.53. The Kier molecular flexibility index (Phi) is 5.05. The highest BCUT2D eigenvalue weighted by Crippen LogP contribution is 2.11. The number of hydrogen-bond donors (Lipinski definition) is 1. The van der Waals surface area contributed by atoms with Crippen molar-refractivity contribution < 1.29 is 28.1 Å². The van der Waals surface area contributed by atoms with E-state index < -0.39 is 12.1 Å². The Balaban J connectivity index is 0.000000224. The summed E-state index contributed by atoms with van der Waals surface area (Å²) >= 11 is 0. The molecule has 1 N–H and O–H groups in total. The van der Waals surface area contributed by atoms with E-state index in [0.29, 0.717) is 0 Å². The molecule has 1 aliphatic rings. The molecule has 0 atom stereocenters. The smallest absolute Gasteiger partial charge is 0.430 e. The van der Waals surface area contributed by atoms with E-state index in [1.165, 1.54) is 5.56 Å². The van der Waals surface area contributed by atoms with E-state index >= 15 is 0 Å². The van der Waals surface area contributed by atoms with Gasteiger partial charge in [0.15, 0.2) is 6.21 Å². The van der Waals surface area contributed by atoms with Crippen LogP contribution in [-0.4, -0.2) is 18.4 Å². The summed E-state index contributed by atoms with van der Waals surface area (Å²) in [5.41, 5.74) is 2.37. The second-order valence-electron chi connectivity index (χ2n) is 3.43. The topological polar surface area (TPSA) is 54.1 Å². The maximum atomic E-state index is 10.5. The molecule has 3 nitrogen and oxygen atoms in total. The van der Waals surface area contributed by atoms with Crippen molar-refractivity contribution in [3.63, 3.8) is 0 Å². The Hall–Kier alpha value is -2.37. The molecule has 0 aliphatic carbocycles. The van der Waals surface area contributed by atoms with Crippen LogP contribution in [0.1, 0.15) is 5.56 Å². The van der Waals surface area contributed by atoms with Crippen molar-refractivity contribution in [3.05, 3.63) is 48.1 Å². The molecule has 1 aromatic rings. The highest BCUT2D eigenvalue weighted by molar-refractivity contribution is 5.71. The molecular weight excluding hydrogens is 259 g/mol. The van der Waals surface area contributed by atoms with Gasteiger partial charge in [0.25, 0.3) is 0 Å². The summed E-state index contributed by atoms with van der Waals surface area (Å²) in [5, 5.41) is 8.78. The molecule has 6 heteroatoms. The molecule has 19 heavy (non-hydrogen) atoms. The van der Waals surface area contributed by atoms with Gasteiger partial charge in [0.2, 0.25) is 5.69 Å². The molecule has 0 fully saturated rings. The lowest BCUT2D eigenvalue weighted by Gasteiger charge is -2.03. The number of rotatable bonds is 0. The van der Waals surface area contributed by atoms with Gasteiger partial charge < -0.3 is 9.90 Å². The highest BCUT2D eigenvalue weighted by Gasteiger charge is 2.28. The summed E-state index contributed by atoms with van der Waals surface area (Å²) < 4.78 is 31.5. The molecule has 0 radical (unpaired) electrons. The Morgan fingerprint density at radius 2 is 1.74 bits per heavy atom. The first kappa shape index (κ1) is 14.7. The zero-order valence-corrected chi connectivity index (χ0v) is 9.65. The third kappa shape index (κ3) is 5.20. The number of allylic oxidation sites excluding steroid dienone is 3. The first-order chi connectivity index (χ1) is 8.91. The Morgan fingerprint density at radius 1 is 1.11 bits per heavy atom. The molecule has 0 unspecified atom stereocenters. The quantitative estimate of drug-likeness (QED) is 0.739. The fourth-order valence-corrected chi connectivity index (χ4v) is 1.19. The van der Waals surface area contributed by atoms with Crippen molar-refractivity contribution in [2.24, 2.45) is 0 Å². The normalized spacial score (nSPS) is 12.8. The predicted octanol–water partition coefficient (Wildman–Crippen LogP) is 0.351. The van der Waals surface area contributed by atoms with Crippen LogP contribution in [0, 0.1) is 0 Å². The molecule has 1 aliphatic heterocycles. The fourth-order valence-electron chi connectivity index (χ4n) is 1.19. The van der Waals surface area contributed by atoms with Crippen LogP contribution >= 0.6 is 0 Å². The van der Waals surface area contributed by atoms with Gasteiger partial charge in [-0.25, -0.2) is 4.99 Å². The van der Waals surface area contributed by atoms with Crippen molar-refractivity contribution in [1.82, 2.24) is 0 Å². The average molecular weight is 269 g/mol. The molecular formula is C13H10F3NO2. The lowest BCUT2D eigenvalue weighted by Crippen LogP contribution is -2.61. The minimum absolute atomic E-state index is 1.15. The molecule has 0 saturated heterocycles. The van der Waals surface area contributed by atoms with Crippen LogP contribution < -0.4 is 10.1 Å². The van der Waals surface area contributed by atoms with Crippen LogP contribution in [0.4, 0.5) is 18.9 Å². The monoisotopic (exact) mass is 269 g/mol. The summed E-state index contributed by atoms with van der Waals surface area (Å²) in [4.78, 5) is 12.0. The largest absolute Gasteiger partial charge is 0.542 e. The van der Waals surface area contributed by atoms with Gasteiger partial charge in [0, 0.05) is 17.7 Å². The SMILES string of the molecule is C1=CC=[NH+]c2ccccc2C=C1.O=C([O-])C(F)(F)F. The number of aliphatic carboxylic acids is 1. The zero-order valence-electron chi connectivity index (χ0n) is 9.65. The van der Waals surface area contributed by atoms with E-state index in [0.717, 1.165) is 5.69 Å². The van der Waals surface area contributed by atoms with Crippen molar-refractivity contribution in [2.75, 3.05) is 0 Å². The van der Waals surface area contributed by atoms with Crippen LogP contribution in [0.25, 0.3) is 6.08 Å². The third-order valence-electron chi connectivity index (χ3n) is 2.03. The zero-order chi connectivity index (χ0) is 14.3. The van der Waals surface area contributed by atoms with Crippen molar-refractivity contribution in [1.29, 1.82) is 0 Å². The second-order valence-corrected chi connectivity index (χ2v) is 3.43. The van der Waals surface area contributed by atoms with E-state index in [1.807, 2.05) is 36.6 Å². The van der Waals surface area contributed by atoms with Crippen LogP contribution in [0.3, 0.4) is 0 Å². The van der Waals surface area contributed by atoms with Crippen LogP contribution in [0.5, 0.6) is 0 Å². The number of carbonyl (C=O) groups excluding carboxylic acids is 1. The minimum Gasteiger partial charge on any atom is -0.542 e. The minimum atomic E-state index is -5.19. The van der Waals surface area contributed by atoms with Gasteiger partial charge in [-0.2, -0.15) is 13.2 Å². The van der Waals surface area contributed by atoms with Crippen molar-refractivity contribution in [3.8, 4) is 0 Å². The third-order valence-corrected chi connectivity index (χ3v) is 2.03. The lowest BCUT2D eigenvalue weighted by atomic mass is 10.1. The number of carbonyl (C=O) groups is 1. The maximum absolute atomic E-state index is 10.5. The van der Waals surface area contributed by atoms with Gasteiger partial charge in [-0.3, -0.25) is 0 Å². The number of carboxylic acids is 1. The van der Waals surface area contributed by atoms with Gasteiger partial charge in [-0.05, 0) is 12.1 Å². The molecule has 1 heterocycles. The van der Waals surface area contributed by atoms with Crippen LogP contribution in [0.15, 0.2) is 42.5 Å². The molecule has 100 valence electrons. The molecule has 0 spiro atoms. The average Bonchev–Trinajstić information content (AvgIpc) is 2.29. The van der Waals surface area contributed by atoms with Crippen molar-refractivity contribution >= 4 is 23.9 Å². The van der Waals surface area contributed by atoms with E-state index in [-0.39, 0.29) is 0 Å². The number of alkyl halides is 3. The van der Waals surface area contributed by atoms with Crippen LogP contribution in [0.2, 0.25) is 0 Å². The summed E-state index contributed by atoms with van der Waals surface area (Å²) in [6.07, 6.45) is 4.85. The highest BCUT2D eigenvalue weighted by atomic mass is 19.4. The molecule has 2 rings (SSSR count). The fraction of sp³-hybridized carbons (Fsp3) is 0.0769. The standard InChI is InChI=1S/C11H9N.C2HF3O2/c1-2-6-10-7-3-4-8-11(10)12-9-5-1;3-2(4,5)1(6)7/h1-9H;(H,6,7). The molecule has 0 amide bonds. The molecule has 0 bridgehead atoms. The van der Waals surface area contributed by atoms with Gasteiger partial charge in [0.1, 0.15) is 5.97 Å². The molecule has 1 aromatic carbocycles. The van der Waals surface area contributed by atoms with Gasteiger partial charge in [-0.1, -0.05) is 24.3 Å². The number of benzene rings is 1. The maximum Gasteiger partial charge on any atom is 0.430 e. The number of carboxylic acid groups (broad SMARTS) is 1. The van der Waals surface area contributed by atoms with Gasteiger partial charge in [-0.15, -0.1) is 0 Å². The first-order valence-corrected chi connectivity index (χ1v) is 5.21. The van der Waals surface area contributed by atoms with E-state index in [9.17, 15) is 13.2 Å². The number of hydrogen-bond acceptors (Lipinski definition) is 2. The summed E-state index contributed by atoms with van der Waals surface area (Å²) in [6, 6.07) is 8.22. The molecule has 0 aromatic heterocycles. The van der Waals surface area contributed by atoms with E-state index in [2.05, 4.69) is 23.2 Å². The van der Waals surface area contributed by atoms with E-state index in [1.54, 1.807) is 0 Å². The van der Waals surface area contributed by atoms with Crippen LogP contribution in [-0.2, 0) is 4.79 Å². The number of nitrogens with one attached hydrogen (secondary N) is 1. The Morgan fingerprint density at radius 3 is 2.37 bits per heavy atom. The summed E-state index contributed by atoms with van der Waals surface area (Å²) in [7, 11) is 0. The Bertz CT molecular complexity index is 496. The first-order valence-electron chi connectivity index (χ1n) is 5.21. The number of halogens is 3. The summed E-state index contributed by atoms with van der Waals surface area (Å²) in [5.74, 6) is -3.01. The number of para-hydroxylation sites is 1. The van der Waals surface area contributed by atoms with Gasteiger partial charge in [0.05, 0.1) is 0 Å². The van der Waals surface area contributed by atoms with E-state index in [4.69, 9.17) is 9.90 Å². The molecule has 0 saturated carbocycles. The van der Waals surface area contributed by atoms with Gasteiger partial charge >= 0.3 is 6.18 Å².